The molecule has 0 spiro atoms. The molecule has 1 aliphatic rings. The van der Waals surface area contributed by atoms with Crippen LogP contribution in [0.2, 0.25) is 0 Å². The monoisotopic (exact) mass is 326 g/mol. The van der Waals surface area contributed by atoms with Crippen molar-refractivity contribution in [2.75, 3.05) is 19.8 Å². The molecule has 1 fully saturated rings. The predicted octanol–water partition coefficient (Wildman–Crippen LogP) is 3.44. The van der Waals surface area contributed by atoms with Crippen LogP contribution in [0.25, 0.3) is 0 Å². The third kappa shape index (κ3) is 12.6. The summed E-state index contributed by atoms with van der Waals surface area (Å²) in [6.07, 6.45) is 5.99. The van der Waals surface area contributed by atoms with Crippen LogP contribution >= 0.6 is 0 Å². The van der Waals surface area contributed by atoms with E-state index in [0.29, 0.717) is 31.3 Å². The van der Waals surface area contributed by atoms with Crippen molar-refractivity contribution in [3.63, 3.8) is 0 Å². The van der Waals surface area contributed by atoms with E-state index in [-0.39, 0.29) is 18.0 Å². The second-order valence-corrected chi connectivity index (χ2v) is 5.58. The van der Waals surface area contributed by atoms with Crippen molar-refractivity contribution in [3.8, 4) is 0 Å². The minimum absolute atomic E-state index is 0.142. The van der Waals surface area contributed by atoms with E-state index >= 15 is 0 Å². The lowest BCUT2D eigenvalue weighted by Gasteiger charge is -2.13. The van der Waals surface area contributed by atoms with Crippen LogP contribution in [0.15, 0.2) is 24.8 Å². The standard InChI is InChI=1S/C11H20O2.C7H10O3/c1-4-7-8-10(5-2)9-13-11(12)6-3;1-5(2)7(8)10-4-6-3-9-6/h6,10H,3-5,7-9H2,1-2H3;6H,1,3-4H2,2H3. The molecular weight excluding hydrogens is 296 g/mol. The molecule has 0 N–H and O–H groups in total. The minimum atomic E-state index is -0.337. The molecule has 0 amide bonds. The lowest BCUT2D eigenvalue weighted by Crippen LogP contribution is -2.12. The van der Waals surface area contributed by atoms with Crippen molar-refractivity contribution < 1.29 is 23.8 Å². The summed E-state index contributed by atoms with van der Waals surface area (Å²) in [5.41, 5.74) is 0.431. The quantitative estimate of drug-likeness (QED) is 0.349. The van der Waals surface area contributed by atoms with Crippen LogP contribution in [0.3, 0.4) is 0 Å². The molecule has 0 aromatic rings. The molecular formula is C18H30O5. The number of rotatable bonds is 10. The van der Waals surface area contributed by atoms with Gasteiger partial charge in [-0.3, -0.25) is 0 Å². The fraction of sp³-hybridized carbons (Fsp3) is 0.667. The number of ether oxygens (including phenoxy) is 3. The Morgan fingerprint density at radius 1 is 1.35 bits per heavy atom. The van der Waals surface area contributed by atoms with Crippen molar-refractivity contribution in [2.24, 2.45) is 5.92 Å². The predicted molar refractivity (Wildman–Crippen MR) is 90.0 cm³/mol. The Bertz CT molecular complexity index is 385. The SMILES string of the molecule is C=C(C)C(=O)OCC1CO1.C=CC(=O)OCC(CC)CCCC. The van der Waals surface area contributed by atoms with Gasteiger partial charge in [-0.2, -0.15) is 0 Å². The Hall–Kier alpha value is -1.62. The van der Waals surface area contributed by atoms with Gasteiger partial charge in [0.05, 0.1) is 13.2 Å². The Labute approximate surface area is 139 Å². The highest BCUT2D eigenvalue weighted by atomic mass is 16.6. The maximum Gasteiger partial charge on any atom is 0.333 e. The average molecular weight is 326 g/mol. The first kappa shape index (κ1) is 21.4. The molecule has 2 unspecified atom stereocenters. The van der Waals surface area contributed by atoms with Crippen LogP contribution in [0.1, 0.15) is 46.5 Å². The Morgan fingerprint density at radius 2 is 2.00 bits per heavy atom. The Morgan fingerprint density at radius 3 is 2.43 bits per heavy atom. The number of unbranched alkanes of at least 4 members (excludes halogenated alkanes) is 1. The average Bonchev–Trinajstić information content (AvgIpc) is 3.37. The zero-order valence-electron chi connectivity index (χ0n) is 14.6. The van der Waals surface area contributed by atoms with Gasteiger partial charge in [0.1, 0.15) is 12.7 Å². The maximum atomic E-state index is 10.8. The van der Waals surface area contributed by atoms with Gasteiger partial charge in [-0.25, -0.2) is 9.59 Å². The molecule has 0 aromatic heterocycles. The summed E-state index contributed by atoms with van der Waals surface area (Å²) in [7, 11) is 0. The number of hydrogen-bond donors (Lipinski definition) is 0. The summed E-state index contributed by atoms with van der Waals surface area (Å²) in [5.74, 6) is -0.130. The van der Waals surface area contributed by atoms with E-state index < -0.39 is 0 Å². The lowest BCUT2D eigenvalue weighted by molar-refractivity contribution is -0.140. The highest BCUT2D eigenvalue weighted by Gasteiger charge is 2.24. The molecule has 5 nitrogen and oxygen atoms in total. The Balaban J connectivity index is 0.000000433. The van der Waals surface area contributed by atoms with Gasteiger partial charge in [0, 0.05) is 11.6 Å². The highest BCUT2D eigenvalue weighted by Crippen LogP contribution is 2.12. The van der Waals surface area contributed by atoms with Crippen LogP contribution in [0.5, 0.6) is 0 Å². The molecule has 1 saturated heterocycles. The lowest BCUT2D eigenvalue weighted by atomic mass is 10.0. The van der Waals surface area contributed by atoms with Gasteiger partial charge in [0.25, 0.3) is 0 Å². The van der Waals surface area contributed by atoms with Crippen molar-refractivity contribution in [1.29, 1.82) is 0 Å². The van der Waals surface area contributed by atoms with Crippen LogP contribution < -0.4 is 0 Å². The Kier molecular flexibility index (Phi) is 12.0. The molecule has 0 aromatic carbocycles. The third-order valence-electron chi connectivity index (χ3n) is 3.32. The summed E-state index contributed by atoms with van der Waals surface area (Å²) >= 11 is 0. The number of carbonyl (C=O) groups excluding carboxylic acids is 2. The summed E-state index contributed by atoms with van der Waals surface area (Å²) in [5, 5.41) is 0. The molecule has 1 rings (SSSR count). The molecule has 0 aliphatic carbocycles. The zero-order valence-corrected chi connectivity index (χ0v) is 14.6. The summed E-state index contributed by atoms with van der Waals surface area (Å²) in [6.45, 7) is 14.3. The van der Waals surface area contributed by atoms with E-state index in [4.69, 9.17) is 14.2 Å². The molecule has 132 valence electrons. The summed E-state index contributed by atoms with van der Waals surface area (Å²) in [4.78, 5) is 21.5. The van der Waals surface area contributed by atoms with Crippen LogP contribution in [0.4, 0.5) is 0 Å². The fourth-order valence-electron chi connectivity index (χ4n) is 1.61. The first-order valence-electron chi connectivity index (χ1n) is 8.17. The second-order valence-electron chi connectivity index (χ2n) is 5.58. The smallest absolute Gasteiger partial charge is 0.333 e. The number of epoxide rings is 1. The van der Waals surface area contributed by atoms with Crippen molar-refractivity contribution in [2.45, 2.75) is 52.6 Å². The first-order valence-corrected chi connectivity index (χ1v) is 8.17. The van der Waals surface area contributed by atoms with Gasteiger partial charge in [0.2, 0.25) is 0 Å². The van der Waals surface area contributed by atoms with E-state index in [0.717, 1.165) is 12.8 Å². The van der Waals surface area contributed by atoms with Gasteiger partial charge in [-0.15, -0.1) is 0 Å². The molecule has 1 heterocycles. The van der Waals surface area contributed by atoms with E-state index in [2.05, 4.69) is 27.0 Å². The molecule has 0 bridgehead atoms. The molecule has 0 radical (unpaired) electrons. The normalized spacial score (nSPS) is 16.4. The van der Waals surface area contributed by atoms with Crippen LogP contribution in [-0.2, 0) is 23.8 Å². The molecule has 23 heavy (non-hydrogen) atoms. The summed E-state index contributed by atoms with van der Waals surface area (Å²) in [6, 6.07) is 0. The van der Waals surface area contributed by atoms with Crippen LogP contribution in [-0.4, -0.2) is 37.9 Å². The van der Waals surface area contributed by atoms with Gasteiger partial charge in [0.15, 0.2) is 0 Å². The zero-order chi connectivity index (χ0) is 17.7. The van der Waals surface area contributed by atoms with Crippen molar-refractivity contribution in [3.05, 3.63) is 24.8 Å². The number of esters is 2. The third-order valence-corrected chi connectivity index (χ3v) is 3.32. The second kappa shape index (κ2) is 12.9. The van der Waals surface area contributed by atoms with E-state index in [1.54, 1.807) is 6.92 Å². The highest BCUT2D eigenvalue weighted by molar-refractivity contribution is 5.86. The van der Waals surface area contributed by atoms with Gasteiger partial charge in [-0.1, -0.05) is 46.3 Å². The molecule has 2 atom stereocenters. The van der Waals surface area contributed by atoms with E-state index in [1.807, 2.05) is 0 Å². The van der Waals surface area contributed by atoms with E-state index in [9.17, 15) is 9.59 Å². The van der Waals surface area contributed by atoms with Crippen LogP contribution in [0, 0.1) is 5.92 Å². The van der Waals surface area contributed by atoms with E-state index in [1.165, 1.54) is 18.9 Å². The molecule has 0 saturated carbocycles. The van der Waals surface area contributed by atoms with Gasteiger partial charge in [-0.05, 0) is 19.3 Å². The van der Waals surface area contributed by atoms with Crippen molar-refractivity contribution >= 4 is 11.9 Å². The minimum Gasteiger partial charge on any atom is -0.462 e. The number of hydrogen-bond acceptors (Lipinski definition) is 5. The van der Waals surface area contributed by atoms with Gasteiger partial charge >= 0.3 is 11.9 Å². The largest absolute Gasteiger partial charge is 0.462 e. The first-order chi connectivity index (χ1) is 10.9. The topological polar surface area (TPSA) is 65.1 Å². The van der Waals surface area contributed by atoms with Gasteiger partial charge < -0.3 is 14.2 Å². The molecule has 5 heteroatoms. The van der Waals surface area contributed by atoms with Crippen molar-refractivity contribution in [1.82, 2.24) is 0 Å². The summed E-state index contributed by atoms with van der Waals surface area (Å²) < 4.78 is 14.6. The molecule has 1 aliphatic heterocycles. The maximum absolute atomic E-state index is 10.8. The fourth-order valence-corrected chi connectivity index (χ4v) is 1.61. The number of carbonyl (C=O) groups is 2.